The molecule has 0 aromatic heterocycles. The van der Waals surface area contributed by atoms with Gasteiger partial charge >= 0.3 is 0 Å². The lowest BCUT2D eigenvalue weighted by atomic mass is 10.1. The lowest BCUT2D eigenvalue weighted by molar-refractivity contribution is 0.0966. The van der Waals surface area contributed by atoms with E-state index in [0.29, 0.717) is 12.1 Å². The zero-order chi connectivity index (χ0) is 9.59. The zero-order valence-electron chi connectivity index (χ0n) is 6.53. The van der Waals surface area contributed by atoms with E-state index in [-0.39, 0.29) is 11.6 Å². The molecule has 0 bridgehead atoms. The zero-order valence-corrected chi connectivity index (χ0v) is 8.68. The van der Waals surface area contributed by atoms with Crippen LogP contribution in [0.25, 0.3) is 0 Å². The van der Waals surface area contributed by atoms with Crippen LogP contribution in [-0.4, -0.2) is 5.91 Å². The van der Waals surface area contributed by atoms with Crippen LogP contribution < -0.4 is 11.1 Å². The van der Waals surface area contributed by atoms with E-state index < -0.39 is 5.82 Å². The van der Waals surface area contributed by atoms with Crippen LogP contribution in [-0.2, 0) is 6.54 Å². The van der Waals surface area contributed by atoms with Crippen molar-refractivity contribution in [3.63, 3.8) is 0 Å². The number of carbonyl (C=O) groups excluding carboxylic acids is 1. The van der Waals surface area contributed by atoms with Gasteiger partial charge in [0.05, 0.1) is 11.3 Å². The predicted octanol–water partition coefficient (Wildman–Crippen LogP) is 1.26. The summed E-state index contributed by atoms with van der Waals surface area (Å²) in [6.07, 6.45) is 0. The molecule has 2 rings (SSSR count). The van der Waals surface area contributed by atoms with Gasteiger partial charge in [-0.25, -0.2) is 4.39 Å². The van der Waals surface area contributed by atoms with Crippen molar-refractivity contribution < 1.29 is 9.18 Å². The number of nitrogen functional groups attached to an aromatic ring is 1. The van der Waals surface area contributed by atoms with Gasteiger partial charge in [-0.15, -0.1) is 0 Å². The number of hydrogen-bond donors (Lipinski definition) is 2. The molecule has 0 aliphatic carbocycles. The van der Waals surface area contributed by atoms with E-state index in [1.807, 2.05) is 22.6 Å². The summed E-state index contributed by atoms with van der Waals surface area (Å²) < 4.78 is 13.8. The fourth-order valence-electron chi connectivity index (χ4n) is 1.37. The standard InChI is InChI=1S/C8H6FIN2O/c9-4-1-5(10)3-2-12-8(13)6(3)7(4)11/h1H,2,11H2,(H,12,13). The molecule has 3 N–H and O–H groups in total. The Kier molecular flexibility index (Phi) is 1.90. The number of carbonyl (C=O) groups is 1. The summed E-state index contributed by atoms with van der Waals surface area (Å²) >= 11 is 1.99. The second kappa shape index (κ2) is 2.83. The number of hydrogen-bond acceptors (Lipinski definition) is 2. The van der Waals surface area contributed by atoms with Crippen LogP contribution in [0.4, 0.5) is 10.1 Å². The second-order valence-electron chi connectivity index (χ2n) is 2.79. The summed E-state index contributed by atoms with van der Waals surface area (Å²) in [4.78, 5) is 11.2. The third-order valence-electron chi connectivity index (χ3n) is 2.02. The first-order chi connectivity index (χ1) is 6.11. The first-order valence-electron chi connectivity index (χ1n) is 3.66. The molecule has 1 amide bonds. The van der Waals surface area contributed by atoms with Crippen molar-refractivity contribution in [1.29, 1.82) is 0 Å². The van der Waals surface area contributed by atoms with Gasteiger partial charge in [0, 0.05) is 10.1 Å². The molecule has 0 saturated heterocycles. The Hall–Kier alpha value is -0.850. The normalized spacial score (nSPS) is 14.2. The SMILES string of the molecule is Nc1c(F)cc(I)c2c1C(=O)NC2. The van der Waals surface area contributed by atoms with Crippen molar-refractivity contribution in [3.8, 4) is 0 Å². The van der Waals surface area contributed by atoms with E-state index in [2.05, 4.69) is 5.32 Å². The Bertz CT molecular complexity index is 406. The molecule has 1 aliphatic rings. The van der Waals surface area contributed by atoms with Gasteiger partial charge in [-0.05, 0) is 34.2 Å². The van der Waals surface area contributed by atoms with Crippen LogP contribution >= 0.6 is 22.6 Å². The van der Waals surface area contributed by atoms with Crippen molar-refractivity contribution in [3.05, 3.63) is 26.6 Å². The van der Waals surface area contributed by atoms with Crippen LogP contribution in [0.1, 0.15) is 15.9 Å². The molecule has 0 atom stereocenters. The molecule has 68 valence electrons. The van der Waals surface area contributed by atoms with Gasteiger partial charge in [-0.1, -0.05) is 0 Å². The van der Waals surface area contributed by atoms with Crippen molar-refractivity contribution >= 4 is 34.2 Å². The molecule has 1 aromatic carbocycles. The summed E-state index contributed by atoms with van der Waals surface area (Å²) in [5.41, 5.74) is 6.50. The van der Waals surface area contributed by atoms with E-state index in [0.717, 1.165) is 9.13 Å². The van der Waals surface area contributed by atoms with E-state index in [9.17, 15) is 9.18 Å². The molecule has 13 heavy (non-hydrogen) atoms. The highest BCUT2D eigenvalue weighted by molar-refractivity contribution is 14.1. The minimum Gasteiger partial charge on any atom is -0.396 e. The summed E-state index contributed by atoms with van der Waals surface area (Å²) in [6, 6.07) is 1.34. The highest BCUT2D eigenvalue weighted by Crippen LogP contribution is 2.28. The van der Waals surface area contributed by atoms with Gasteiger partial charge in [0.2, 0.25) is 0 Å². The molecule has 0 fully saturated rings. The molecule has 1 aromatic rings. The number of anilines is 1. The van der Waals surface area contributed by atoms with Crippen LogP contribution in [0.2, 0.25) is 0 Å². The highest BCUT2D eigenvalue weighted by Gasteiger charge is 2.25. The number of amides is 1. The number of nitrogens with two attached hydrogens (primary N) is 1. The molecule has 1 heterocycles. The van der Waals surface area contributed by atoms with Gasteiger partial charge in [0.25, 0.3) is 5.91 Å². The lowest BCUT2D eigenvalue weighted by Crippen LogP contribution is -2.14. The molecule has 0 radical (unpaired) electrons. The molecular formula is C8H6FIN2O. The third kappa shape index (κ3) is 1.18. The number of fused-ring (bicyclic) bond motifs is 1. The average molecular weight is 292 g/mol. The van der Waals surface area contributed by atoms with Crippen LogP contribution in [0, 0.1) is 9.39 Å². The lowest BCUT2D eigenvalue weighted by Gasteiger charge is -2.04. The highest BCUT2D eigenvalue weighted by atomic mass is 127. The van der Waals surface area contributed by atoms with Gasteiger partial charge in [0.15, 0.2) is 0 Å². The van der Waals surface area contributed by atoms with Crippen molar-refractivity contribution in [2.75, 3.05) is 5.73 Å². The largest absolute Gasteiger partial charge is 0.396 e. The first-order valence-corrected chi connectivity index (χ1v) is 4.73. The Morgan fingerprint density at radius 3 is 3.00 bits per heavy atom. The summed E-state index contributed by atoms with van der Waals surface area (Å²) in [5, 5.41) is 2.60. The maximum Gasteiger partial charge on any atom is 0.254 e. The number of rotatable bonds is 0. The monoisotopic (exact) mass is 292 g/mol. The van der Waals surface area contributed by atoms with Gasteiger partial charge in [-0.3, -0.25) is 4.79 Å². The van der Waals surface area contributed by atoms with E-state index in [1.165, 1.54) is 6.07 Å². The summed E-state index contributed by atoms with van der Waals surface area (Å²) in [7, 11) is 0. The molecular weight excluding hydrogens is 286 g/mol. The quantitative estimate of drug-likeness (QED) is 0.558. The van der Waals surface area contributed by atoms with Crippen LogP contribution in [0.15, 0.2) is 6.07 Å². The Balaban J connectivity index is 2.77. The van der Waals surface area contributed by atoms with Gasteiger partial charge in [0.1, 0.15) is 5.82 Å². The van der Waals surface area contributed by atoms with Crippen molar-refractivity contribution in [2.45, 2.75) is 6.54 Å². The number of nitrogens with one attached hydrogen (secondary N) is 1. The molecule has 0 saturated carbocycles. The molecule has 1 aliphatic heterocycles. The number of halogens is 2. The Morgan fingerprint density at radius 2 is 2.31 bits per heavy atom. The minimum atomic E-state index is -0.528. The Labute approximate surface area is 87.6 Å². The van der Waals surface area contributed by atoms with Gasteiger partial charge < -0.3 is 11.1 Å². The predicted molar refractivity (Wildman–Crippen MR) is 54.7 cm³/mol. The smallest absolute Gasteiger partial charge is 0.254 e. The summed E-state index contributed by atoms with van der Waals surface area (Å²) in [5.74, 6) is -0.815. The maximum atomic E-state index is 13.1. The van der Waals surface area contributed by atoms with Crippen LogP contribution in [0.5, 0.6) is 0 Å². The van der Waals surface area contributed by atoms with Crippen molar-refractivity contribution in [1.82, 2.24) is 5.32 Å². The van der Waals surface area contributed by atoms with E-state index in [1.54, 1.807) is 0 Å². The van der Waals surface area contributed by atoms with Crippen LogP contribution in [0.3, 0.4) is 0 Å². The van der Waals surface area contributed by atoms with Gasteiger partial charge in [-0.2, -0.15) is 0 Å². The third-order valence-corrected chi connectivity index (χ3v) is 2.99. The maximum absolute atomic E-state index is 13.1. The second-order valence-corrected chi connectivity index (χ2v) is 3.95. The molecule has 5 heteroatoms. The summed E-state index contributed by atoms with van der Waals surface area (Å²) in [6.45, 7) is 0.441. The van der Waals surface area contributed by atoms with Crippen molar-refractivity contribution in [2.24, 2.45) is 0 Å². The van der Waals surface area contributed by atoms with E-state index >= 15 is 0 Å². The Morgan fingerprint density at radius 1 is 1.62 bits per heavy atom. The average Bonchev–Trinajstić information content (AvgIpc) is 2.44. The minimum absolute atomic E-state index is 0.0505. The molecule has 0 unspecified atom stereocenters. The first kappa shape index (κ1) is 8.74. The molecule has 0 spiro atoms. The molecule has 3 nitrogen and oxygen atoms in total. The fraction of sp³-hybridized carbons (Fsp3) is 0.125. The topological polar surface area (TPSA) is 55.1 Å². The van der Waals surface area contributed by atoms with E-state index in [4.69, 9.17) is 5.73 Å². The number of benzene rings is 1. The fourth-order valence-corrected chi connectivity index (χ4v) is 2.10.